The predicted molar refractivity (Wildman–Crippen MR) is 82.2 cm³/mol. The number of aromatic hydroxyl groups is 2. The van der Waals surface area contributed by atoms with Crippen LogP contribution in [0.5, 0.6) is 17.2 Å². The van der Waals surface area contributed by atoms with E-state index in [1.54, 1.807) is 18.2 Å². The lowest BCUT2D eigenvalue weighted by molar-refractivity contribution is 0.0198. The van der Waals surface area contributed by atoms with E-state index in [9.17, 15) is 15.3 Å². The minimum atomic E-state index is -0.856. The molecule has 0 bridgehead atoms. The van der Waals surface area contributed by atoms with Gasteiger partial charge in [0.25, 0.3) is 0 Å². The number of phenolic OH excluding ortho intramolecular Hbond substituents is 2. The first-order chi connectivity index (χ1) is 11.0. The maximum atomic E-state index is 10.4. The third-order valence-electron chi connectivity index (χ3n) is 3.87. The normalized spacial score (nSPS) is 20.2. The molecule has 0 spiro atoms. The van der Waals surface area contributed by atoms with E-state index in [2.05, 4.69) is 0 Å². The molecule has 2 atom stereocenters. The van der Waals surface area contributed by atoms with Gasteiger partial charge in [0.1, 0.15) is 23.4 Å². The fourth-order valence-corrected chi connectivity index (χ4v) is 2.99. The summed E-state index contributed by atoms with van der Waals surface area (Å²) in [6.07, 6.45) is -1.31. The van der Waals surface area contributed by atoms with Gasteiger partial charge in [-0.25, -0.2) is 0 Å². The predicted octanol–water partition coefficient (Wildman–Crippen LogP) is 3.20. The SMILES string of the molecule is Oc1cc(O)c2c(c1)O[C@H](c1ccc3oc(=S)oc3c1)[C@H](O)C2. The lowest BCUT2D eigenvalue weighted by Crippen LogP contribution is -2.30. The number of fused-ring (bicyclic) bond motifs is 2. The Morgan fingerprint density at radius 2 is 1.83 bits per heavy atom. The summed E-state index contributed by atoms with van der Waals surface area (Å²) in [4.78, 5) is 0.0300. The molecule has 0 saturated carbocycles. The highest BCUT2D eigenvalue weighted by molar-refractivity contribution is 7.71. The molecule has 2 aromatic carbocycles. The van der Waals surface area contributed by atoms with Gasteiger partial charge in [-0.15, -0.1) is 0 Å². The third kappa shape index (κ3) is 2.34. The molecule has 0 fully saturated rings. The smallest absolute Gasteiger partial charge is 0.363 e. The quantitative estimate of drug-likeness (QED) is 0.589. The molecule has 1 aliphatic heterocycles. The summed E-state index contributed by atoms with van der Waals surface area (Å²) in [5.41, 5.74) is 2.12. The second-order valence-corrected chi connectivity index (χ2v) is 5.75. The second kappa shape index (κ2) is 5.00. The molecule has 3 aromatic rings. The molecule has 0 aliphatic carbocycles. The molecule has 1 aromatic heterocycles. The molecular formula is C16H12O6S. The van der Waals surface area contributed by atoms with Gasteiger partial charge in [-0.3, -0.25) is 0 Å². The number of hydrogen-bond donors (Lipinski definition) is 3. The van der Waals surface area contributed by atoms with Crippen LogP contribution in [0.25, 0.3) is 11.2 Å². The molecule has 0 saturated heterocycles. The zero-order valence-electron chi connectivity index (χ0n) is 11.7. The first-order valence-electron chi connectivity index (χ1n) is 6.94. The van der Waals surface area contributed by atoms with Crippen LogP contribution in [0.3, 0.4) is 0 Å². The third-order valence-corrected chi connectivity index (χ3v) is 4.04. The average Bonchev–Trinajstić information content (AvgIpc) is 2.86. The van der Waals surface area contributed by atoms with Crippen LogP contribution in [0.15, 0.2) is 39.2 Å². The molecule has 6 nitrogen and oxygen atoms in total. The molecule has 0 radical (unpaired) electrons. The van der Waals surface area contributed by atoms with Gasteiger partial charge < -0.3 is 28.9 Å². The fraction of sp³-hybridized carbons (Fsp3) is 0.188. The molecule has 0 amide bonds. The zero-order valence-corrected chi connectivity index (χ0v) is 12.5. The van der Waals surface area contributed by atoms with Crippen molar-refractivity contribution in [2.24, 2.45) is 0 Å². The van der Waals surface area contributed by atoms with E-state index in [-0.39, 0.29) is 22.8 Å². The number of hydrogen-bond acceptors (Lipinski definition) is 7. The van der Waals surface area contributed by atoms with Crippen molar-refractivity contribution >= 4 is 23.4 Å². The molecule has 2 heterocycles. The number of aliphatic hydroxyl groups excluding tert-OH is 1. The Bertz CT molecular complexity index is 957. The number of ether oxygens (including phenoxy) is 1. The molecule has 3 N–H and O–H groups in total. The summed E-state index contributed by atoms with van der Waals surface area (Å²) in [5.74, 6) is 0.131. The summed E-state index contributed by atoms with van der Waals surface area (Å²) in [5, 5.41) is 29.8. The molecule has 0 unspecified atom stereocenters. The molecule has 4 rings (SSSR count). The summed E-state index contributed by atoms with van der Waals surface area (Å²) in [6.45, 7) is 0. The molecule has 1 aliphatic rings. The summed E-state index contributed by atoms with van der Waals surface area (Å²) >= 11 is 4.85. The van der Waals surface area contributed by atoms with Crippen LogP contribution in [-0.2, 0) is 6.42 Å². The number of phenols is 2. The van der Waals surface area contributed by atoms with Crippen LogP contribution < -0.4 is 4.74 Å². The minimum Gasteiger partial charge on any atom is -0.508 e. The Morgan fingerprint density at radius 1 is 1.04 bits per heavy atom. The lowest BCUT2D eigenvalue weighted by Gasteiger charge is -2.31. The van der Waals surface area contributed by atoms with E-state index in [0.29, 0.717) is 28.0 Å². The summed E-state index contributed by atoms with van der Waals surface area (Å²) in [7, 11) is 0. The van der Waals surface area contributed by atoms with E-state index in [1.807, 2.05) is 0 Å². The van der Waals surface area contributed by atoms with Crippen molar-refractivity contribution in [1.82, 2.24) is 0 Å². The Hall–Kier alpha value is -2.51. The molecule has 23 heavy (non-hydrogen) atoms. The van der Waals surface area contributed by atoms with Crippen LogP contribution in [0.4, 0.5) is 0 Å². The van der Waals surface area contributed by atoms with Gasteiger partial charge in [0.2, 0.25) is 0 Å². The highest BCUT2D eigenvalue weighted by atomic mass is 32.1. The van der Waals surface area contributed by atoms with Crippen LogP contribution in [-0.4, -0.2) is 21.4 Å². The van der Waals surface area contributed by atoms with Gasteiger partial charge in [0, 0.05) is 36.3 Å². The number of rotatable bonds is 1. The van der Waals surface area contributed by atoms with Crippen molar-refractivity contribution in [3.05, 3.63) is 46.4 Å². The maximum absolute atomic E-state index is 10.4. The Balaban J connectivity index is 1.77. The molecule has 118 valence electrons. The number of benzene rings is 2. The minimum absolute atomic E-state index is 0.0300. The van der Waals surface area contributed by atoms with E-state index < -0.39 is 12.2 Å². The number of aliphatic hydroxyl groups is 1. The van der Waals surface area contributed by atoms with Gasteiger partial charge in [0.15, 0.2) is 11.2 Å². The van der Waals surface area contributed by atoms with E-state index in [0.717, 1.165) is 0 Å². The maximum Gasteiger partial charge on any atom is 0.363 e. The standard InChI is InChI=1S/C16H12O6S/c17-8-4-10(18)9-6-11(19)15(20-13(9)5-8)7-1-2-12-14(3-7)22-16(23)21-12/h1-5,11,15,17-19H,6H2/t11-,15-/m1/s1. The summed E-state index contributed by atoms with van der Waals surface area (Å²) in [6, 6.07) is 7.76. The lowest BCUT2D eigenvalue weighted by atomic mass is 9.94. The monoisotopic (exact) mass is 332 g/mol. The first kappa shape index (κ1) is 14.1. The van der Waals surface area contributed by atoms with Crippen LogP contribution >= 0.6 is 12.2 Å². The average molecular weight is 332 g/mol. The summed E-state index contributed by atoms with van der Waals surface area (Å²) < 4.78 is 16.3. The van der Waals surface area contributed by atoms with E-state index >= 15 is 0 Å². The van der Waals surface area contributed by atoms with Crippen molar-refractivity contribution in [1.29, 1.82) is 0 Å². The largest absolute Gasteiger partial charge is 0.508 e. The highest BCUT2D eigenvalue weighted by Crippen LogP contribution is 2.42. The Labute approximate surface area is 135 Å². The van der Waals surface area contributed by atoms with Crippen molar-refractivity contribution in [3.63, 3.8) is 0 Å². The van der Waals surface area contributed by atoms with Crippen LogP contribution in [0, 0.1) is 4.90 Å². The topological polar surface area (TPSA) is 96.2 Å². The second-order valence-electron chi connectivity index (χ2n) is 5.41. The van der Waals surface area contributed by atoms with Crippen molar-refractivity contribution in [2.45, 2.75) is 18.6 Å². The molecular weight excluding hydrogens is 320 g/mol. The van der Waals surface area contributed by atoms with Gasteiger partial charge in [-0.1, -0.05) is 6.07 Å². The van der Waals surface area contributed by atoms with Gasteiger partial charge in [-0.2, -0.15) is 0 Å². The van der Waals surface area contributed by atoms with Gasteiger partial charge in [0.05, 0.1) is 6.10 Å². The fourth-order valence-electron chi connectivity index (χ4n) is 2.81. The van der Waals surface area contributed by atoms with Crippen molar-refractivity contribution in [3.8, 4) is 17.2 Å². The van der Waals surface area contributed by atoms with Gasteiger partial charge in [-0.05, 0) is 17.7 Å². The Kier molecular flexibility index (Phi) is 3.07. The molecule has 7 heteroatoms. The zero-order chi connectivity index (χ0) is 16.1. The van der Waals surface area contributed by atoms with Crippen molar-refractivity contribution < 1.29 is 28.9 Å². The van der Waals surface area contributed by atoms with Gasteiger partial charge >= 0.3 is 4.90 Å². The highest BCUT2D eigenvalue weighted by Gasteiger charge is 2.32. The van der Waals surface area contributed by atoms with Crippen LogP contribution in [0.2, 0.25) is 0 Å². The van der Waals surface area contributed by atoms with Crippen molar-refractivity contribution in [2.75, 3.05) is 0 Å². The van der Waals surface area contributed by atoms with Crippen LogP contribution in [0.1, 0.15) is 17.2 Å². The van der Waals surface area contributed by atoms with E-state index in [4.69, 9.17) is 25.8 Å². The Morgan fingerprint density at radius 3 is 2.65 bits per heavy atom. The van der Waals surface area contributed by atoms with E-state index in [1.165, 1.54) is 12.1 Å². The first-order valence-corrected chi connectivity index (χ1v) is 7.35.